The van der Waals surface area contributed by atoms with E-state index < -0.39 is 0 Å². The number of methoxy groups -OCH3 is 1. The number of carbonyl (C=O) groups is 1. The van der Waals surface area contributed by atoms with Crippen molar-refractivity contribution < 1.29 is 9.53 Å². The lowest BCUT2D eigenvalue weighted by molar-refractivity contribution is 0.160. The molecule has 3 aromatic carbocycles. The monoisotopic (exact) mass is 441 g/mol. The van der Waals surface area contributed by atoms with Gasteiger partial charge < -0.3 is 10.1 Å². The van der Waals surface area contributed by atoms with Crippen LogP contribution in [0.1, 0.15) is 29.5 Å². The molecule has 0 atom stereocenters. The molecule has 0 aromatic heterocycles. The van der Waals surface area contributed by atoms with Crippen molar-refractivity contribution in [3.8, 4) is 5.75 Å². The molecule has 0 saturated carbocycles. The fourth-order valence-electron chi connectivity index (χ4n) is 5.30. The predicted molar refractivity (Wildman–Crippen MR) is 133 cm³/mol. The number of aryl methyl sites for hydroxylation is 1. The Morgan fingerprint density at radius 2 is 1.79 bits per heavy atom. The van der Waals surface area contributed by atoms with Gasteiger partial charge in [0.1, 0.15) is 5.75 Å². The molecule has 0 aliphatic carbocycles. The highest BCUT2D eigenvalue weighted by molar-refractivity contribution is 6.03. The summed E-state index contributed by atoms with van der Waals surface area (Å²) in [4.78, 5) is 17.7. The first-order chi connectivity index (χ1) is 16.1. The molecule has 170 valence electrons. The summed E-state index contributed by atoms with van der Waals surface area (Å²) in [6.45, 7) is 5.84. The van der Waals surface area contributed by atoms with Crippen LogP contribution < -0.4 is 15.0 Å². The average molecular weight is 442 g/mol. The van der Waals surface area contributed by atoms with Crippen LogP contribution in [0.2, 0.25) is 0 Å². The SMILES string of the molecule is COc1ccc2c(c1)C1(CCN(Cc3cccc(C)c3)CC1)CN2C(=O)Nc1ccccc1. The zero-order valence-electron chi connectivity index (χ0n) is 19.4. The van der Waals surface area contributed by atoms with E-state index in [-0.39, 0.29) is 11.4 Å². The second kappa shape index (κ2) is 8.91. The molecule has 0 unspecified atom stereocenters. The Morgan fingerprint density at radius 1 is 1.00 bits per heavy atom. The number of urea groups is 1. The van der Waals surface area contributed by atoms with E-state index in [2.05, 4.69) is 47.5 Å². The summed E-state index contributed by atoms with van der Waals surface area (Å²) in [6.07, 6.45) is 2.04. The second-order valence-corrected chi connectivity index (χ2v) is 9.31. The highest BCUT2D eigenvalue weighted by Gasteiger charge is 2.46. The van der Waals surface area contributed by atoms with Crippen LogP contribution in [0.4, 0.5) is 16.2 Å². The number of para-hydroxylation sites is 1. The second-order valence-electron chi connectivity index (χ2n) is 9.31. The molecule has 1 saturated heterocycles. The molecule has 2 aliphatic heterocycles. The van der Waals surface area contributed by atoms with E-state index in [4.69, 9.17) is 4.74 Å². The lowest BCUT2D eigenvalue weighted by Gasteiger charge is -2.40. The van der Waals surface area contributed by atoms with Crippen LogP contribution in [0.5, 0.6) is 5.75 Å². The van der Waals surface area contributed by atoms with Crippen LogP contribution in [0.15, 0.2) is 72.8 Å². The van der Waals surface area contributed by atoms with Crippen molar-refractivity contribution in [1.29, 1.82) is 0 Å². The standard InChI is InChI=1S/C28H31N3O2/c1-21-7-6-8-22(17-21)19-30-15-13-28(14-16-30)20-31(26-12-11-24(33-2)18-25(26)28)27(32)29-23-9-4-3-5-10-23/h3-12,17-18H,13-16,19-20H2,1-2H3,(H,29,32). The number of benzene rings is 3. The molecule has 5 nitrogen and oxygen atoms in total. The summed E-state index contributed by atoms with van der Waals surface area (Å²) >= 11 is 0. The number of fused-ring (bicyclic) bond motifs is 2. The lowest BCUT2D eigenvalue weighted by atomic mass is 9.74. The van der Waals surface area contributed by atoms with Crippen molar-refractivity contribution in [2.24, 2.45) is 0 Å². The van der Waals surface area contributed by atoms with Gasteiger partial charge in [0.05, 0.1) is 7.11 Å². The number of likely N-dealkylation sites (tertiary alicyclic amines) is 1. The van der Waals surface area contributed by atoms with Gasteiger partial charge in [0, 0.05) is 29.9 Å². The van der Waals surface area contributed by atoms with E-state index in [0.29, 0.717) is 6.54 Å². The lowest BCUT2D eigenvalue weighted by Crippen LogP contribution is -2.46. The van der Waals surface area contributed by atoms with Gasteiger partial charge in [0.2, 0.25) is 0 Å². The van der Waals surface area contributed by atoms with Crippen molar-refractivity contribution in [3.05, 3.63) is 89.5 Å². The highest BCUT2D eigenvalue weighted by Crippen LogP contribution is 2.48. The van der Waals surface area contributed by atoms with Crippen LogP contribution in [-0.4, -0.2) is 37.7 Å². The number of rotatable bonds is 4. The molecular formula is C28H31N3O2. The maximum Gasteiger partial charge on any atom is 0.326 e. The van der Waals surface area contributed by atoms with E-state index in [0.717, 1.165) is 49.6 Å². The van der Waals surface area contributed by atoms with E-state index in [1.54, 1.807) is 7.11 Å². The van der Waals surface area contributed by atoms with Crippen molar-refractivity contribution in [1.82, 2.24) is 4.90 Å². The molecule has 2 amide bonds. The topological polar surface area (TPSA) is 44.8 Å². The van der Waals surface area contributed by atoms with E-state index in [9.17, 15) is 4.79 Å². The molecule has 1 N–H and O–H groups in total. The molecule has 2 aliphatic rings. The van der Waals surface area contributed by atoms with Crippen molar-refractivity contribution in [2.75, 3.05) is 37.0 Å². The molecule has 0 radical (unpaired) electrons. The Kier molecular flexibility index (Phi) is 5.81. The summed E-state index contributed by atoms with van der Waals surface area (Å²) in [5.74, 6) is 0.848. The number of nitrogens with zero attached hydrogens (tertiary/aromatic N) is 2. The Bertz CT molecular complexity index is 1140. The number of carbonyl (C=O) groups excluding carboxylic acids is 1. The van der Waals surface area contributed by atoms with Gasteiger partial charge >= 0.3 is 6.03 Å². The Morgan fingerprint density at radius 3 is 2.52 bits per heavy atom. The molecule has 2 heterocycles. The van der Waals surface area contributed by atoms with Crippen molar-refractivity contribution in [2.45, 2.75) is 31.7 Å². The Labute approximate surface area is 196 Å². The Balaban J connectivity index is 1.36. The summed E-state index contributed by atoms with van der Waals surface area (Å²) in [5, 5.41) is 3.07. The van der Waals surface area contributed by atoms with E-state index >= 15 is 0 Å². The zero-order valence-corrected chi connectivity index (χ0v) is 19.4. The van der Waals surface area contributed by atoms with Gasteiger partial charge in [-0.3, -0.25) is 9.80 Å². The quantitative estimate of drug-likeness (QED) is 0.574. The van der Waals surface area contributed by atoms with E-state index in [1.807, 2.05) is 47.4 Å². The normalized spacial score (nSPS) is 17.1. The highest BCUT2D eigenvalue weighted by atomic mass is 16.5. The van der Waals surface area contributed by atoms with Crippen LogP contribution >= 0.6 is 0 Å². The fraction of sp³-hybridized carbons (Fsp3) is 0.321. The summed E-state index contributed by atoms with van der Waals surface area (Å²) in [7, 11) is 1.70. The third-order valence-electron chi connectivity index (χ3n) is 7.10. The number of hydrogen-bond donors (Lipinski definition) is 1. The molecular weight excluding hydrogens is 410 g/mol. The average Bonchev–Trinajstić information content (AvgIpc) is 3.15. The summed E-state index contributed by atoms with van der Waals surface area (Å²) < 4.78 is 5.55. The molecule has 0 bridgehead atoms. The number of hydrogen-bond acceptors (Lipinski definition) is 3. The van der Waals surface area contributed by atoms with Gasteiger partial charge in [-0.25, -0.2) is 4.79 Å². The van der Waals surface area contributed by atoms with Crippen LogP contribution in [-0.2, 0) is 12.0 Å². The summed E-state index contributed by atoms with van der Waals surface area (Å²) in [6, 6.07) is 24.5. The molecule has 5 heteroatoms. The minimum absolute atomic E-state index is 0.0407. The molecule has 3 aromatic rings. The van der Waals surface area contributed by atoms with Crippen molar-refractivity contribution in [3.63, 3.8) is 0 Å². The van der Waals surface area contributed by atoms with Gasteiger partial charge in [-0.15, -0.1) is 0 Å². The fourth-order valence-corrected chi connectivity index (χ4v) is 5.30. The first-order valence-electron chi connectivity index (χ1n) is 11.7. The number of nitrogens with one attached hydrogen (secondary N) is 1. The third kappa shape index (κ3) is 4.33. The Hall–Kier alpha value is -3.31. The molecule has 5 rings (SSSR count). The smallest absolute Gasteiger partial charge is 0.326 e. The molecule has 1 fully saturated rings. The molecule has 1 spiro atoms. The maximum atomic E-state index is 13.3. The van der Waals surface area contributed by atoms with Gasteiger partial charge in [0.15, 0.2) is 0 Å². The zero-order chi connectivity index (χ0) is 22.8. The van der Waals surface area contributed by atoms with Gasteiger partial charge in [0.25, 0.3) is 0 Å². The summed E-state index contributed by atoms with van der Waals surface area (Å²) in [5.41, 5.74) is 5.67. The van der Waals surface area contributed by atoms with Gasteiger partial charge in [-0.05, 0) is 74.3 Å². The van der Waals surface area contributed by atoms with E-state index in [1.165, 1.54) is 16.7 Å². The number of amides is 2. The minimum atomic E-state index is -0.0771. The first-order valence-corrected chi connectivity index (χ1v) is 11.7. The van der Waals surface area contributed by atoms with Crippen LogP contribution in [0, 0.1) is 6.92 Å². The maximum absolute atomic E-state index is 13.3. The van der Waals surface area contributed by atoms with Gasteiger partial charge in [-0.2, -0.15) is 0 Å². The first kappa shape index (κ1) is 21.5. The largest absolute Gasteiger partial charge is 0.497 e. The molecule has 33 heavy (non-hydrogen) atoms. The third-order valence-corrected chi connectivity index (χ3v) is 7.10. The van der Waals surface area contributed by atoms with Crippen molar-refractivity contribution >= 4 is 17.4 Å². The number of ether oxygens (including phenoxy) is 1. The minimum Gasteiger partial charge on any atom is -0.497 e. The number of anilines is 2. The van der Waals surface area contributed by atoms with Crippen LogP contribution in [0.25, 0.3) is 0 Å². The number of piperidine rings is 1. The van der Waals surface area contributed by atoms with Gasteiger partial charge in [-0.1, -0.05) is 48.0 Å². The predicted octanol–water partition coefficient (Wildman–Crippen LogP) is 5.59. The van der Waals surface area contributed by atoms with Crippen LogP contribution in [0.3, 0.4) is 0 Å².